The number of carbonyl (C=O) groups is 2. The third kappa shape index (κ3) is 5.21. The fraction of sp³-hybridized carbons (Fsp3) is 0.467. The largest absolute Gasteiger partial charge is 0.352 e. The smallest absolute Gasteiger partial charge is 0.251 e. The Bertz CT molecular complexity index is 703. The highest BCUT2D eigenvalue weighted by Gasteiger charge is 2.39. The zero-order valence-corrected chi connectivity index (χ0v) is 14.3. The summed E-state index contributed by atoms with van der Waals surface area (Å²) in [6, 6.07) is 6.43. The molecule has 2 rings (SSSR count). The van der Waals surface area contributed by atoms with Crippen LogP contribution in [-0.2, 0) is 14.6 Å². The van der Waals surface area contributed by atoms with Gasteiger partial charge in [-0.05, 0) is 37.6 Å². The quantitative estimate of drug-likeness (QED) is 0.826. The minimum absolute atomic E-state index is 0.0388. The van der Waals surface area contributed by atoms with E-state index in [4.69, 9.17) is 11.6 Å². The first-order valence-electron chi connectivity index (χ1n) is 7.24. The molecule has 0 radical (unpaired) electrons. The van der Waals surface area contributed by atoms with Crippen LogP contribution in [0.3, 0.4) is 0 Å². The Labute approximate surface area is 140 Å². The molecule has 2 N–H and O–H groups in total. The van der Waals surface area contributed by atoms with Gasteiger partial charge in [-0.15, -0.1) is 0 Å². The van der Waals surface area contributed by atoms with E-state index in [1.807, 2.05) is 0 Å². The molecule has 0 bridgehead atoms. The van der Waals surface area contributed by atoms with E-state index < -0.39 is 15.4 Å². The molecule has 1 aliphatic heterocycles. The van der Waals surface area contributed by atoms with E-state index in [1.54, 1.807) is 31.2 Å². The summed E-state index contributed by atoms with van der Waals surface area (Å²) >= 11 is 5.75. The van der Waals surface area contributed by atoms with E-state index in [0.29, 0.717) is 17.0 Å². The van der Waals surface area contributed by atoms with Gasteiger partial charge in [-0.2, -0.15) is 0 Å². The van der Waals surface area contributed by atoms with E-state index in [1.165, 1.54) is 0 Å². The van der Waals surface area contributed by atoms with Gasteiger partial charge in [-0.25, -0.2) is 8.42 Å². The van der Waals surface area contributed by atoms with Crippen LogP contribution in [-0.4, -0.2) is 43.8 Å². The van der Waals surface area contributed by atoms with Crippen LogP contribution in [0, 0.1) is 0 Å². The average molecular weight is 359 g/mol. The van der Waals surface area contributed by atoms with Crippen LogP contribution in [0.25, 0.3) is 0 Å². The molecule has 126 valence electrons. The second-order valence-electron chi connectivity index (χ2n) is 5.96. The summed E-state index contributed by atoms with van der Waals surface area (Å²) in [5, 5.41) is 5.93. The first-order valence-corrected chi connectivity index (χ1v) is 9.44. The van der Waals surface area contributed by atoms with E-state index >= 15 is 0 Å². The summed E-state index contributed by atoms with van der Waals surface area (Å²) in [5.74, 6) is -0.509. The summed E-state index contributed by atoms with van der Waals surface area (Å²) < 4.78 is 23.0. The van der Waals surface area contributed by atoms with E-state index in [-0.39, 0.29) is 36.3 Å². The molecule has 1 atom stereocenters. The van der Waals surface area contributed by atoms with E-state index in [0.717, 1.165) is 0 Å². The van der Waals surface area contributed by atoms with Crippen molar-refractivity contribution in [3.8, 4) is 0 Å². The average Bonchev–Trinajstić information content (AvgIpc) is 2.72. The number of sulfone groups is 1. The fourth-order valence-electron chi connectivity index (χ4n) is 2.50. The van der Waals surface area contributed by atoms with Gasteiger partial charge in [-0.1, -0.05) is 11.6 Å². The molecule has 1 saturated heterocycles. The predicted octanol–water partition coefficient (Wildman–Crippen LogP) is 1.15. The summed E-state index contributed by atoms with van der Waals surface area (Å²) in [6.07, 6.45) is 0.507. The normalized spacial score (nSPS) is 22.5. The standard InChI is InChI=1S/C15H19ClN2O4S/c1-15(7-9-23(21,22)10-15)18-13(19)6-8-17-14(20)11-2-4-12(16)5-3-11/h2-5H,6-10H2,1H3,(H,17,20)(H,18,19)/t15-/m1/s1. The van der Waals surface area contributed by atoms with Crippen LogP contribution in [0.1, 0.15) is 30.1 Å². The van der Waals surface area contributed by atoms with Gasteiger partial charge in [0.15, 0.2) is 9.84 Å². The molecule has 8 heteroatoms. The van der Waals surface area contributed by atoms with Crippen molar-refractivity contribution in [1.29, 1.82) is 0 Å². The van der Waals surface area contributed by atoms with Gasteiger partial charge in [0, 0.05) is 23.6 Å². The maximum absolute atomic E-state index is 11.9. The lowest BCUT2D eigenvalue weighted by Gasteiger charge is -2.23. The third-order valence-corrected chi connectivity index (χ3v) is 5.84. The molecule has 2 amide bonds. The lowest BCUT2D eigenvalue weighted by molar-refractivity contribution is -0.122. The topological polar surface area (TPSA) is 92.3 Å². The molecule has 0 aromatic heterocycles. The van der Waals surface area contributed by atoms with Crippen LogP contribution in [0.2, 0.25) is 5.02 Å². The summed E-state index contributed by atoms with van der Waals surface area (Å²) in [7, 11) is -3.07. The minimum atomic E-state index is -3.07. The van der Waals surface area contributed by atoms with Gasteiger partial charge in [0.2, 0.25) is 5.91 Å². The van der Waals surface area contributed by atoms with Crippen molar-refractivity contribution in [2.45, 2.75) is 25.3 Å². The Morgan fingerprint density at radius 2 is 1.91 bits per heavy atom. The van der Waals surface area contributed by atoms with Crippen molar-refractivity contribution in [1.82, 2.24) is 10.6 Å². The van der Waals surface area contributed by atoms with E-state index in [2.05, 4.69) is 10.6 Å². The second-order valence-corrected chi connectivity index (χ2v) is 8.58. The Balaban J connectivity index is 1.77. The van der Waals surface area contributed by atoms with Crippen LogP contribution >= 0.6 is 11.6 Å². The number of hydrogen-bond donors (Lipinski definition) is 2. The number of rotatable bonds is 5. The summed E-state index contributed by atoms with van der Waals surface area (Å²) in [4.78, 5) is 23.8. The minimum Gasteiger partial charge on any atom is -0.352 e. The van der Waals surface area contributed by atoms with Gasteiger partial charge >= 0.3 is 0 Å². The molecule has 6 nitrogen and oxygen atoms in total. The SMILES string of the molecule is C[C@@]1(NC(=O)CCNC(=O)c2ccc(Cl)cc2)CCS(=O)(=O)C1. The van der Waals surface area contributed by atoms with E-state index in [9.17, 15) is 18.0 Å². The molecule has 0 spiro atoms. The monoisotopic (exact) mass is 358 g/mol. The lowest BCUT2D eigenvalue weighted by Crippen LogP contribution is -2.47. The molecule has 0 saturated carbocycles. The number of nitrogens with one attached hydrogen (secondary N) is 2. The Hall–Kier alpha value is -1.60. The Morgan fingerprint density at radius 1 is 1.26 bits per heavy atom. The van der Waals surface area contributed by atoms with Crippen LogP contribution in [0.4, 0.5) is 0 Å². The van der Waals surface area contributed by atoms with Crippen molar-refractivity contribution in [3.63, 3.8) is 0 Å². The van der Waals surface area contributed by atoms with Gasteiger partial charge in [-0.3, -0.25) is 9.59 Å². The van der Waals surface area contributed by atoms with Gasteiger partial charge in [0.05, 0.1) is 17.0 Å². The molecule has 0 aliphatic carbocycles. The first kappa shape index (κ1) is 17.7. The van der Waals surface area contributed by atoms with Gasteiger partial charge < -0.3 is 10.6 Å². The third-order valence-electron chi connectivity index (χ3n) is 3.69. The number of amides is 2. The maximum Gasteiger partial charge on any atom is 0.251 e. The molecule has 1 fully saturated rings. The highest BCUT2D eigenvalue weighted by Crippen LogP contribution is 2.22. The molecule has 1 heterocycles. The zero-order valence-electron chi connectivity index (χ0n) is 12.8. The first-order chi connectivity index (χ1) is 10.7. The Kier molecular flexibility index (Phi) is 5.31. The van der Waals surface area contributed by atoms with Crippen LogP contribution in [0.5, 0.6) is 0 Å². The van der Waals surface area contributed by atoms with Crippen molar-refractivity contribution in [2.24, 2.45) is 0 Å². The van der Waals surface area contributed by atoms with Gasteiger partial charge in [0.1, 0.15) is 0 Å². The highest BCUT2D eigenvalue weighted by molar-refractivity contribution is 7.91. The number of carbonyl (C=O) groups excluding carboxylic acids is 2. The zero-order chi connectivity index (χ0) is 17.1. The lowest BCUT2D eigenvalue weighted by atomic mass is 10.0. The Morgan fingerprint density at radius 3 is 2.48 bits per heavy atom. The number of hydrogen-bond acceptors (Lipinski definition) is 4. The molecular formula is C15H19ClN2O4S. The number of halogens is 1. The predicted molar refractivity (Wildman–Crippen MR) is 88.2 cm³/mol. The van der Waals surface area contributed by atoms with Crippen LogP contribution in [0.15, 0.2) is 24.3 Å². The van der Waals surface area contributed by atoms with Crippen molar-refractivity contribution >= 4 is 33.3 Å². The molecule has 1 aliphatic rings. The van der Waals surface area contributed by atoms with Crippen molar-refractivity contribution < 1.29 is 18.0 Å². The number of benzene rings is 1. The molecule has 1 aromatic rings. The highest BCUT2D eigenvalue weighted by atomic mass is 35.5. The summed E-state index contributed by atoms with van der Waals surface area (Å²) in [5.41, 5.74) is -0.250. The van der Waals surface area contributed by atoms with Crippen LogP contribution < -0.4 is 10.6 Å². The maximum atomic E-state index is 11.9. The molecule has 0 unspecified atom stereocenters. The fourth-order valence-corrected chi connectivity index (χ4v) is 4.72. The molecular weight excluding hydrogens is 340 g/mol. The molecule has 23 heavy (non-hydrogen) atoms. The second kappa shape index (κ2) is 6.88. The van der Waals surface area contributed by atoms with Crippen molar-refractivity contribution in [2.75, 3.05) is 18.1 Å². The summed E-state index contributed by atoms with van der Waals surface area (Å²) in [6.45, 7) is 1.90. The van der Waals surface area contributed by atoms with Crippen molar-refractivity contribution in [3.05, 3.63) is 34.9 Å². The van der Waals surface area contributed by atoms with Gasteiger partial charge in [0.25, 0.3) is 5.91 Å². The molecule has 1 aromatic carbocycles.